The van der Waals surface area contributed by atoms with Crippen molar-refractivity contribution in [3.63, 3.8) is 0 Å². The maximum Gasteiger partial charge on any atom is 0.311 e. The first-order chi connectivity index (χ1) is 11.7. The van der Waals surface area contributed by atoms with Crippen molar-refractivity contribution >= 4 is 17.3 Å². The zero-order chi connectivity index (χ0) is 18.7. The highest BCUT2D eigenvalue weighted by Crippen LogP contribution is 2.29. The molecule has 0 saturated carbocycles. The van der Waals surface area contributed by atoms with Crippen LogP contribution in [0.1, 0.15) is 12.5 Å². The maximum atomic E-state index is 13.6. The lowest BCUT2D eigenvalue weighted by Crippen LogP contribution is -2.30. The van der Waals surface area contributed by atoms with Crippen LogP contribution in [0.15, 0.2) is 30.3 Å². The van der Waals surface area contributed by atoms with Gasteiger partial charge in [-0.25, -0.2) is 13.2 Å². The lowest BCUT2D eigenvalue weighted by Gasteiger charge is -2.15. The summed E-state index contributed by atoms with van der Waals surface area (Å²) in [7, 11) is 0. The van der Waals surface area contributed by atoms with E-state index in [9.17, 15) is 28.1 Å². The van der Waals surface area contributed by atoms with Crippen molar-refractivity contribution in [2.24, 2.45) is 0 Å². The third-order valence-corrected chi connectivity index (χ3v) is 3.28. The lowest BCUT2D eigenvalue weighted by molar-refractivity contribution is -0.386. The summed E-state index contributed by atoms with van der Waals surface area (Å²) in [5, 5.41) is 13.1. The average Bonchev–Trinajstić information content (AvgIpc) is 2.56. The van der Waals surface area contributed by atoms with Gasteiger partial charge in [-0.05, 0) is 37.6 Å². The van der Waals surface area contributed by atoms with Crippen molar-refractivity contribution in [3.8, 4) is 5.75 Å². The fourth-order valence-electron chi connectivity index (χ4n) is 1.97. The highest BCUT2D eigenvalue weighted by Gasteiger charge is 2.23. The first kappa shape index (κ1) is 18.2. The summed E-state index contributed by atoms with van der Waals surface area (Å²) < 4.78 is 44.9. The number of halogens is 3. The van der Waals surface area contributed by atoms with Crippen LogP contribution in [0.25, 0.3) is 0 Å². The summed E-state index contributed by atoms with van der Waals surface area (Å²) in [6, 6.07) is 5.67. The molecule has 0 bridgehead atoms. The van der Waals surface area contributed by atoms with Crippen LogP contribution in [0.3, 0.4) is 0 Å². The standard InChI is InChI=1S/C16H13F3N2O4/c1-8-3-6-13(12(7-8)21(23)24)25-9(2)16(22)20-11-5-4-10(17)14(18)15(11)19/h3-7,9H,1-2H3,(H,20,22)/t9-/m1/s1. The van der Waals surface area contributed by atoms with E-state index in [1.54, 1.807) is 13.0 Å². The Kier molecular flexibility index (Phi) is 5.26. The molecule has 2 aromatic carbocycles. The number of anilines is 1. The Morgan fingerprint density at radius 2 is 1.88 bits per heavy atom. The largest absolute Gasteiger partial charge is 0.474 e. The van der Waals surface area contributed by atoms with Crippen LogP contribution >= 0.6 is 0 Å². The molecule has 0 spiro atoms. The molecule has 1 amide bonds. The number of carbonyl (C=O) groups is 1. The summed E-state index contributed by atoms with van der Waals surface area (Å²) >= 11 is 0. The highest BCUT2D eigenvalue weighted by atomic mass is 19.2. The minimum atomic E-state index is -1.72. The van der Waals surface area contributed by atoms with Crippen molar-refractivity contribution in [2.75, 3.05) is 5.32 Å². The number of nitrogens with one attached hydrogen (secondary N) is 1. The Bertz CT molecular complexity index is 842. The van der Waals surface area contributed by atoms with E-state index >= 15 is 0 Å². The number of nitro groups is 1. The number of hydrogen-bond donors (Lipinski definition) is 1. The van der Waals surface area contributed by atoms with Gasteiger partial charge in [0.15, 0.2) is 29.3 Å². The molecule has 6 nitrogen and oxygen atoms in total. The third-order valence-electron chi connectivity index (χ3n) is 3.28. The van der Waals surface area contributed by atoms with E-state index in [0.29, 0.717) is 11.6 Å². The summed E-state index contributed by atoms with van der Waals surface area (Å²) in [5.41, 5.74) is -0.281. The monoisotopic (exact) mass is 354 g/mol. The molecule has 2 rings (SSSR count). The van der Waals surface area contributed by atoms with E-state index < -0.39 is 40.1 Å². The molecule has 2 aromatic rings. The number of nitrogens with zero attached hydrogens (tertiary/aromatic N) is 1. The normalized spacial score (nSPS) is 11.7. The van der Waals surface area contributed by atoms with Crippen molar-refractivity contribution in [1.29, 1.82) is 0 Å². The van der Waals surface area contributed by atoms with E-state index in [1.807, 2.05) is 5.32 Å². The number of benzene rings is 2. The first-order valence-electron chi connectivity index (χ1n) is 7.06. The van der Waals surface area contributed by atoms with Crippen molar-refractivity contribution in [1.82, 2.24) is 0 Å². The van der Waals surface area contributed by atoms with E-state index in [4.69, 9.17) is 4.74 Å². The van der Waals surface area contributed by atoms with Crippen LogP contribution in [0.2, 0.25) is 0 Å². The molecule has 0 saturated heterocycles. The molecule has 0 heterocycles. The third kappa shape index (κ3) is 4.06. The van der Waals surface area contributed by atoms with Gasteiger partial charge in [-0.15, -0.1) is 0 Å². The SMILES string of the molecule is Cc1ccc(O[C@H](C)C(=O)Nc2ccc(F)c(F)c2F)c([N+](=O)[O-])c1. The Balaban J connectivity index is 2.17. The second-order valence-electron chi connectivity index (χ2n) is 5.20. The Hall–Kier alpha value is -3.10. The molecule has 25 heavy (non-hydrogen) atoms. The van der Waals surface area contributed by atoms with Crippen LogP contribution in [0.5, 0.6) is 5.75 Å². The van der Waals surface area contributed by atoms with Gasteiger partial charge in [0, 0.05) is 6.07 Å². The van der Waals surface area contributed by atoms with Crippen LogP contribution in [-0.2, 0) is 4.79 Å². The van der Waals surface area contributed by atoms with Gasteiger partial charge < -0.3 is 10.1 Å². The summed E-state index contributed by atoms with van der Waals surface area (Å²) in [6.45, 7) is 2.93. The van der Waals surface area contributed by atoms with Gasteiger partial charge in [-0.1, -0.05) is 6.07 Å². The van der Waals surface area contributed by atoms with Gasteiger partial charge in [-0.3, -0.25) is 14.9 Å². The van der Waals surface area contributed by atoms with Gasteiger partial charge in [0.1, 0.15) is 0 Å². The number of aryl methyl sites for hydroxylation is 1. The van der Waals surface area contributed by atoms with Gasteiger partial charge in [0.05, 0.1) is 10.6 Å². The zero-order valence-electron chi connectivity index (χ0n) is 13.2. The molecule has 0 radical (unpaired) electrons. The molecule has 1 atom stereocenters. The highest BCUT2D eigenvalue weighted by molar-refractivity contribution is 5.94. The number of hydrogen-bond acceptors (Lipinski definition) is 4. The number of ether oxygens (including phenoxy) is 1. The second-order valence-corrected chi connectivity index (χ2v) is 5.20. The molecule has 9 heteroatoms. The van der Waals surface area contributed by atoms with Crippen molar-refractivity contribution in [3.05, 3.63) is 63.5 Å². The molecule has 0 unspecified atom stereocenters. The first-order valence-corrected chi connectivity index (χ1v) is 7.06. The summed E-state index contributed by atoms with van der Waals surface area (Å²) in [6.07, 6.45) is -1.26. The molecule has 1 N–H and O–H groups in total. The van der Waals surface area contributed by atoms with Crippen LogP contribution in [0, 0.1) is 34.5 Å². The smallest absolute Gasteiger partial charge is 0.311 e. The minimum absolute atomic E-state index is 0.149. The van der Waals surface area contributed by atoms with E-state index in [-0.39, 0.29) is 11.4 Å². The molecule has 132 valence electrons. The Morgan fingerprint density at radius 1 is 1.20 bits per heavy atom. The zero-order valence-corrected chi connectivity index (χ0v) is 13.2. The molecular formula is C16H13F3N2O4. The van der Waals surface area contributed by atoms with Gasteiger partial charge in [0.2, 0.25) is 0 Å². The lowest BCUT2D eigenvalue weighted by atomic mass is 10.2. The fourth-order valence-corrected chi connectivity index (χ4v) is 1.97. The predicted molar refractivity (Wildman–Crippen MR) is 82.9 cm³/mol. The topological polar surface area (TPSA) is 81.5 Å². The van der Waals surface area contributed by atoms with E-state index in [1.165, 1.54) is 19.1 Å². The summed E-state index contributed by atoms with van der Waals surface area (Å²) in [4.78, 5) is 22.4. The molecule has 0 aliphatic heterocycles. The maximum absolute atomic E-state index is 13.6. The van der Waals surface area contributed by atoms with Gasteiger partial charge >= 0.3 is 5.69 Å². The fraction of sp³-hybridized carbons (Fsp3) is 0.188. The molecule has 0 fully saturated rings. The predicted octanol–water partition coefficient (Wildman–Crippen LogP) is 3.73. The number of nitro benzene ring substituents is 1. The number of rotatable bonds is 5. The van der Waals surface area contributed by atoms with Crippen molar-refractivity contribution in [2.45, 2.75) is 20.0 Å². The Morgan fingerprint density at radius 3 is 2.52 bits per heavy atom. The number of carbonyl (C=O) groups excluding carboxylic acids is 1. The van der Waals surface area contributed by atoms with E-state index in [0.717, 1.165) is 6.07 Å². The molecule has 0 aliphatic carbocycles. The Labute approximate surface area is 140 Å². The van der Waals surface area contributed by atoms with Crippen LogP contribution < -0.4 is 10.1 Å². The van der Waals surface area contributed by atoms with Crippen molar-refractivity contribution < 1.29 is 27.6 Å². The minimum Gasteiger partial charge on any atom is -0.474 e. The second kappa shape index (κ2) is 7.20. The molecular weight excluding hydrogens is 341 g/mol. The molecule has 0 aromatic heterocycles. The molecule has 0 aliphatic rings. The average molecular weight is 354 g/mol. The van der Waals surface area contributed by atoms with Gasteiger partial charge in [-0.2, -0.15) is 0 Å². The van der Waals surface area contributed by atoms with E-state index in [2.05, 4.69) is 0 Å². The van der Waals surface area contributed by atoms with Gasteiger partial charge in [0.25, 0.3) is 5.91 Å². The summed E-state index contributed by atoms with van der Waals surface area (Å²) in [5.74, 6) is -5.71. The quantitative estimate of drug-likeness (QED) is 0.504. The van der Waals surface area contributed by atoms with Crippen LogP contribution in [-0.4, -0.2) is 16.9 Å². The number of amides is 1. The van der Waals surface area contributed by atoms with Crippen LogP contribution in [0.4, 0.5) is 24.5 Å².